The van der Waals surface area contributed by atoms with E-state index in [0.717, 1.165) is 36.4 Å². The van der Waals surface area contributed by atoms with Gasteiger partial charge in [-0.25, -0.2) is 0 Å². The van der Waals surface area contributed by atoms with Crippen LogP contribution in [0.1, 0.15) is 28.4 Å². The quantitative estimate of drug-likeness (QED) is 0.151. The second-order valence-electron chi connectivity index (χ2n) is 9.45. The number of carbonyl (C=O) groups excluding carboxylic acids is 1. The number of rotatable bonds is 3. The minimum atomic E-state index is -0.912. The predicted octanol–water partition coefficient (Wildman–Crippen LogP) is 4.77. The third-order valence-electron chi connectivity index (χ3n) is 6.90. The van der Waals surface area contributed by atoms with Gasteiger partial charge in [-0.3, -0.25) is 9.59 Å². The van der Waals surface area contributed by atoms with Gasteiger partial charge in [0.05, 0.1) is 17.5 Å². The van der Waals surface area contributed by atoms with E-state index in [9.17, 15) is 45.3 Å². The first-order valence-electron chi connectivity index (χ1n) is 12.2. The van der Waals surface area contributed by atoms with E-state index in [1.54, 1.807) is 18.2 Å². The summed E-state index contributed by atoms with van der Waals surface area (Å²) in [5, 5.41) is 73.9. The number of ether oxygens (including phenoxy) is 1. The van der Waals surface area contributed by atoms with Gasteiger partial charge in [0, 0.05) is 35.4 Å². The molecule has 206 valence electrons. The fourth-order valence-corrected chi connectivity index (χ4v) is 5.10. The molecule has 41 heavy (non-hydrogen) atoms. The van der Waals surface area contributed by atoms with Gasteiger partial charge >= 0.3 is 0 Å². The molecule has 1 aliphatic rings. The average molecular weight is 556 g/mol. The van der Waals surface area contributed by atoms with Gasteiger partial charge < -0.3 is 44.9 Å². The van der Waals surface area contributed by atoms with Crippen LogP contribution in [0.25, 0.3) is 33.4 Å². The van der Waals surface area contributed by atoms with Crippen LogP contribution in [0.15, 0.2) is 69.9 Å². The second-order valence-corrected chi connectivity index (χ2v) is 9.45. The van der Waals surface area contributed by atoms with Crippen molar-refractivity contribution in [3.05, 3.63) is 82.0 Å². The fraction of sp³-hybridized carbons (Fsp3) is 0.0667. The summed E-state index contributed by atoms with van der Waals surface area (Å²) < 4.78 is 11.6. The van der Waals surface area contributed by atoms with Gasteiger partial charge in [-0.1, -0.05) is 18.2 Å². The number of phenolic OH excluding ortho intramolecular Hbond substituents is 7. The number of hydrogen-bond donors (Lipinski definition) is 7. The molecule has 5 aromatic rings. The molecule has 0 saturated carbocycles. The topological polar surface area (TPSA) is 198 Å². The molecular formula is C30H20O11. The number of hydrogen-bond acceptors (Lipinski definition) is 11. The van der Waals surface area contributed by atoms with Crippen LogP contribution in [0, 0.1) is 0 Å². The zero-order valence-electron chi connectivity index (χ0n) is 20.8. The lowest BCUT2D eigenvalue weighted by atomic mass is 9.89. The van der Waals surface area contributed by atoms with Crippen molar-refractivity contribution in [3.63, 3.8) is 0 Å². The van der Waals surface area contributed by atoms with Crippen molar-refractivity contribution in [1.82, 2.24) is 0 Å². The van der Waals surface area contributed by atoms with Gasteiger partial charge in [-0.2, -0.15) is 0 Å². The van der Waals surface area contributed by atoms with Crippen LogP contribution >= 0.6 is 0 Å². The molecular weight excluding hydrogens is 536 g/mol. The molecule has 7 N–H and O–H groups in total. The smallest absolute Gasteiger partial charge is 0.197 e. The molecule has 0 aliphatic carbocycles. The van der Waals surface area contributed by atoms with E-state index in [-0.39, 0.29) is 51.3 Å². The van der Waals surface area contributed by atoms with Gasteiger partial charge in [0.15, 0.2) is 11.2 Å². The Bertz CT molecular complexity index is 1970. The van der Waals surface area contributed by atoms with Crippen molar-refractivity contribution in [3.8, 4) is 68.4 Å². The minimum absolute atomic E-state index is 0.105. The van der Waals surface area contributed by atoms with Gasteiger partial charge in [0.1, 0.15) is 74.4 Å². The zero-order chi connectivity index (χ0) is 29.2. The molecule has 1 aromatic heterocycles. The first-order valence-corrected chi connectivity index (χ1v) is 12.2. The first-order chi connectivity index (χ1) is 19.5. The molecule has 0 bridgehead atoms. The van der Waals surface area contributed by atoms with Crippen LogP contribution in [0.2, 0.25) is 0 Å². The van der Waals surface area contributed by atoms with Gasteiger partial charge in [0.2, 0.25) is 0 Å². The number of phenols is 7. The third-order valence-corrected chi connectivity index (χ3v) is 6.90. The highest BCUT2D eigenvalue weighted by Gasteiger charge is 2.35. The SMILES string of the molecule is O=C1C[C@H](c2ccccc2O)Oc2cc(O)c(-c3c(O)ccc(O)c3-c3cc(=O)c4c(O)cc(O)cc4o3)c(O)c21. The number of carbonyl (C=O) groups is 1. The van der Waals surface area contributed by atoms with E-state index < -0.39 is 57.4 Å². The maximum Gasteiger partial charge on any atom is 0.197 e. The molecule has 6 rings (SSSR count). The number of fused-ring (bicyclic) bond motifs is 2. The second kappa shape index (κ2) is 9.12. The summed E-state index contributed by atoms with van der Waals surface area (Å²) >= 11 is 0. The summed E-state index contributed by atoms with van der Waals surface area (Å²) in [6, 6.07) is 12.4. The maximum atomic E-state index is 13.2. The normalized spacial score (nSPS) is 14.5. The number of para-hydroxylation sites is 1. The predicted molar refractivity (Wildman–Crippen MR) is 144 cm³/mol. The van der Waals surface area contributed by atoms with Crippen molar-refractivity contribution in [2.24, 2.45) is 0 Å². The number of ketones is 1. The Hall–Kier alpha value is -5.84. The van der Waals surface area contributed by atoms with E-state index in [1.807, 2.05) is 0 Å². The Morgan fingerprint density at radius 1 is 0.659 bits per heavy atom. The molecule has 11 heteroatoms. The summed E-state index contributed by atoms with van der Waals surface area (Å²) in [6.45, 7) is 0. The lowest BCUT2D eigenvalue weighted by molar-refractivity contribution is 0.0842. The van der Waals surface area contributed by atoms with Crippen LogP contribution in [0.5, 0.6) is 46.0 Å². The molecule has 0 fully saturated rings. The van der Waals surface area contributed by atoms with Crippen LogP contribution in [0.3, 0.4) is 0 Å². The van der Waals surface area contributed by atoms with Gasteiger partial charge in [-0.15, -0.1) is 0 Å². The highest BCUT2D eigenvalue weighted by Crippen LogP contribution is 2.54. The lowest BCUT2D eigenvalue weighted by Gasteiger charge is -2.28. The van der Waals surface area contributed by atoms with E-state index in [2.05, 4.69) is 0 Å². The van der Waals surface area contributed by atoms with Gasteiger partial charge in [0.25, 0.3) is 0 Å². The monoisotopic (exact) mass is 556 g/mol. The van der Waals surface area contributed by atoms with E-state index in [0.29, 0.717) is 5.56 Å². The zero-order valence-corrected chi connectivity index (χ0v) is 20.8. The number of benzene rings is 4. The number of Topliss-reactive ketones (excluding diaryl/α,β-unsaturated/α-hetero) is 1. The highest BCUT2D eigenvalue weighted by atomic mass is 16.5. The van der Waals surface area contributed by atoms with Crippen molar-refractivity contribution in [2.45, 2.75) is 12.5 Å². The van der Waals surface area contributed by atoms with Crippen LogP contribution in [0.4, 0.5) is 0 Å². The molecule has 0 amide bonds. The molecule has 0 unspecified atom stereocenters. The fourth-order valence-electron chi connectivity index (χ4n) is 5.10. The summed E-state index contributed by atoms with van der Waals surface area (Å²) in [5.41, 5.74) is -2.19. The maximum absolute atomic E-state index is 13.2. The molecule has 0 radical (unpaired) electrons. The van der Waals surface area contributed by atoms with Gasteiger partial charge in [-0.05, 0) is 18.2 Å². The average Bonchev–Trinajstić information content (AvgIpc) is 2.89. The van der Waals surface area contributed by atoms with Crippen molar-refractivity contribution >= 4 is 16.8 Å². The van der Waals surface area contributed by atoms with Crippen molar-refractivity contribution < 1.29 is 49.7 Å². The Labute approximate surface area is 229 Å². The molecule has 11 nitrogen and oxygen atoms in total. The van der Waals surface area contributed by atoms with E-state index >= 15 is 0 Å². The lowest BCUT2D eigenvalue weighted by Crippen LogP contribution is -2.20. The Balaban J connectivity index is 1.57. The Morgan fingerprint density at radius 3 is 2.10 bits per heavy atom. The molecule has 4 aromatic carbocycles. The van der Waals surface area contributed by atoms with Crippen LogP contribution in [-0.4, -0.2) is 41.5 Å². The molecule has 1 atom stereocenters. The van der Waals surface area contributed by atoms with Crippen LogP contribution in [-0.2, 0) is 0 Å². The summed E-state index contributed by atoms with van der Waals surface area (Å²) in [5.74, 6) is -4.74. The summed E-state index contributed by atoms with van der Waals surface area (Å²) in [6.07, 6.45) is -1.18. The molecule has 2 heterocycles. The standard InChI is InChI=1S/C30H20O11/c31-12-7-17(35)25-18(36)10-23(41-22(25)8-12)26-15(33)5-6-16(34)28(26)29-20(38)11-24-27(30(29)39)19(37)9-21(40-24)13-3-1-2-4-14(13)32/h1-8,10-11,21,31-35,38-39H,9H2/t21-/m1/s1. The molecule has 0 saturated heterocycles. The first kappa shape index (κ1) is 25.4. The third kappa shape index (κ3) is 3.98. The van der Waals surface area contributed by atoms with E-state index in [1.165, 1.54) is 6.07 Å². The summed E-state index contributed by atoms with van der Waals surface area (Å²) in [4.78, 5) is 26.1. The van der Waals surface area contributed by atoms with Crippen molar-refractivity contribution in [2.75, 3.05) is 0 Å². The molecule has 1 aliphatic heterocycles. The largest absolute Gasteiger partial charge is 0.508 e. The van der Waals surface area contributed by atoms with E-state index in [4.69, 9.17) is 9.15 Å². The van der Waals surface area contributed by atoms with Crippen molar-refractivity contribution in [1.29, 1.82) is 0 Å². The van der Waals surface area contributed by atoms with Crippen LogP contribution < -0.4 is 10.2 Å². The molecule has 0 spiro atoms. The Morgan fingerprint density at radius 2 is 1.37 bits per heavy atom. The Kier molecular flexibility index (Phi) is 5.66. The summed E-state index contributed by atoms with van der Waals surface area (Å²) in [7, 11) is 0. The number of aromatic hydroxyl groups is 7. The highest BCUT2D eigenvalue weighted by molar-refractivity contribution is 6.07. The minimum Gasteiger partial charge on any atom is -0.508 e.